The number of amides is 1. The summed E-state index contributed by atoms with van der Waals surface area (Å²) in [4.78, 5) is 12.7. The van der Waals surface area contributed by atoms with E-state index in [1.54, 1.807) is 47.7 Å². The van der Waals surface area contributed by atoms with Gasteiger partial charge in [0.15, 0.2) is 40.3 Å². The zero-order valence-corrected chi connectivity index (χ0v) is 33.1. The number of benzene rings is 4. The van der Waals surface area contributed by atoms with Crippen LogP contribution in [0.25, 0.3) is 22.6 Å². The van der Waals surface area contributed by atoms with Crippen LogP contribution >= 0.6 is 11.6 Å². The van der Waals surface area contributed by atoms with Gasteiger partial charge in [0.05, 0.1) is 54.3 Å². The first kappa shape index (κ1) is 39.9. The van der Waals surface area contributed by atoms with Crippen molar-refractivity contribution in [1.82, 2.24) is 10.5 Å². The molecule has 0 bridgehead atoms. The molecule has 0 spiro atoms. The van der Waals surface area contributed by atoms with Crippen molar-refractivity contribution in [1.29, 1.82) is 0 Å². The smallest absolute Gasteiger partial charge is 0.255 e. The lowest BCUT2D eigenvalue weighted by Crippen LogP contribution is -2.38. The zero-order valence-electron chi connectivity index (χ0n) is 32.4. The van der Waals surface area contributed by atoms with E-state index in [1.807, 2.05) is 60.7 Å². The van der Waals surface area contributed by atoms with E-state index < -0.39 is 6.17 Å². The van der Waals surface area contributed by atoms with Crippen molar-refractivity contribution in [2.75, 3.05) is 54.1 Å². The predicted molar refractivity (Wildman–Crippen MR) is 215 cm³/mol. The van der Waals surface area contributed by atoms with Crippen molar-refractivity contribution in [3.8, 4) is 62.8 Å². The van der Waals surface area contributed by atoms with Crippen LogP contribution in [0.4, 0.5) is 5.69 Å². The number of hydrogen-bond acceptors (Lipinski definition) is 11. The maximum atomic E-state index is 12.7. The average Bonchev–Trinajstić information content (AvgIpc) is 3.73. The Labute approximate surface area is 332 Å². The molecule has 1 aromatic heterocycles. The summed E-state index contributed by atoms with van der Waals surface area (Å²) in [5.41, 5.74) is 4.34. The standard InChI is InChI=1S/C43H48ClN3O9/c1-49-34-17-13-27(33-26-36(56-47-33)29-23-39(51-3)41(53-5)40(24-29)52-4)21-38(34)55-20-12-10-8-6-7-9-11-19-54-35-18-14-28(22-37(35)50-2)42-45-32-16-15-30(44)25-31(32)43(48)46-42/h13-18,21-26,42,45H,6-12,19-20H2,1-5H3,(H,46,48). The number of unbranched alkanes of at least 4 members (excludes halogenated alkanes) is 6. The number of halogens is 1. The SMILES string of the molecule is COc1cc(C2NC(=O)c3cc(Cl)ccc3N2)ccc1OCCCCCCCCCOc1cc(-c2cc(-c3cc(OC)c(OC)c(OC)c3)on2)ccc1OC. The van der Waals surface area contributed by atoms with E-state index in [4.69, 9.17) is 49.3 Å². The van der Waals surface area contributed by atoms with Crippen LogP contribution in [0, 0.1) is 0 Å². The first-order valence-electron chi connectivity index (χ1n) is 18.6. The highest BCUT2D eigenvalue weighted by molar-refractivity contribution is 6.31. The maximum Gasteiger partial charge on any atom is 0.255 e. The van der Waals surface area contributed by atoms with Crippen LogP contribution in [0.5, 0.6) is 40.2 Å². The second-order valence-electron chi connectivity index (χ2n) is 13.2. The van der Waals surface area contributed by atoms with Crippen LogP contribution in [0.1, 0.15) is 67.0 Å². The average molecular weight is 786 g/mol. The van der Waals surface area contributed by atoms with Gasteiger partial charge in [-0.25, -0.2) is 0 Å². The number of fused-ring (bicyclic) bond motifs is 1. The van der Waals surface area contributed by atoms with E-state index in [1.165, 1.54) is 0 Å². The number of nitrogens with one attached hydrogen (secondary N) is 2. The second kappa shape index (κ2) is 19.2. The first-order valence-corrected chi connectivity index (χ1v) is 19.0. The summed E-state index contributed by atoms with van der Waals surface area (Å²) in [5.74, 6) is 4.53. The van der Waals surface area contributed by atoms with Gasteiger partial charge in [0.1, 0.15) is 11.9 Å². The number of hydrogen-bond donors (Lipinski definition) is 2. The lowest BCUT2D eigenvalue weighted by Gasteiger charge is -2.28. The van der Waals surface area contributed by atoms with Gasteiger partial charge in [-0.2, -0.15) is 0 Å². The second-order valence-corrected chi connectivity index (χ2v) is 13.6. The molecule has 2 heterocycles. The van der Waals surface area contributed by atoms with Crippen LogP contribution in [0.3, 0.4) is 0 Å². The summed E-state index contributed by atoms with van der Waals surface area (Å²) < 4.78 is 45.6. The van der Waals surface area contributed by atoms with Gasteiger partial charge in [-0.1, -0.05) is 54.9 Å². The minimum atomic E-state index is -0.400. The fourth-order valence-electron chi connectivity index (χ4n) is 6.55. The van der Waals surface area contributed by atoms with E-state index in [-0.39, 0.29) is 5.91 Å². The van der Waals surface area contributed by atoms with Crippen molar-refractivity contribution >= 4 is 23.2 Å². The minimum absolute atomic E-state index is 0.184. The fraction of sp³-hybridized carbons (Fsp3) is 0.349. The summed E-state index contributed by atoms with van der Waals surface area (Å²) in [7, 11) is 7.96. The molecule has 0 fully saturated rings. The van der Waals surface area contributed by atoms with Crippen LogP contribution < -0.4 is 43.8 Å². The van der Waals surface area contributed by atoms with Crippen LogP contribution in [0.2, 0.25) is 5.02 Å². The Balaban J connectivity index is 0.900. The fourth-order valence-corrected chi connectivity index (χ4v) is 6.72. The molecule has 1 unspecified atom stereocenters. The van der Waals surface area contributed by atoms with E-state index >= 15 is 0 Å². The number of aromatic nitrogens is 1. The molecule has 13 heteroatoms. The maximum absolute atomic E-state index is 12.7. The Morgan fingerprint density at radius 3 is 1.89 bits per heavy atom. The summed E-state index contributed by atoms with van der Waals surface area (Å²) >= 11 is 6.07. The molecular weight excluding hydrogens is 738 g/mol. The number of anilines is 1. The molecule has 12 nitrogen and oxygen atoms in total. The highest BCUT2D eigenvalue weighted by Crippen LogP contribution is 2.42. The normalized spacial score (nSPS) is 13.2. The molecule has 0 radical (unpaired) electrons. The molecule has 2 N–H and O–H groups in total. The Bertz CT molecular complexity index is 2080. The number of methoxy groups -OCH3 is 5. The van der Waals surface area contributed by atoms with Crippen LogP contribution in [-0.2, 0) is 0 Å². The molecule has 296 valence electrons. The third-order valence-corrected chi connectivity index (χ3v) is 9.78. The molecule has 0 saturated heterocycles. The van der Waals surface area contributed by atoms with Crippen molar-refractivity contribution < 1.29 is 42.5 Å². The van der Waals surface area contributed by atoms with E-state index in [0.717, 1.165) is 67.3 Å². The van der Waals surface area contributed by atoms with Gasteiger partial charge >= 0.3 is 0 Å². The molecular formula is C43H48ClN3O9. The number of carbonyl (C=O) groups is 1. The number of rotatable bonds is 20. The monoisotopic (exact) mass is 785 g/mol. The summed E-state index contributed by atoms with van der Waals surface area (Å²) in [6.07, 6.45) is 7.02. The highest BCUT2D eigenvalue weighted by Gasteiger charge is 2.26. The van der Waals surface area contributed by atoms with E-state index in [2.05, 4.69) is 15.8 Å². The molecule has 1 aliphatic rings. The van der Waals surface area contributed by atoms with Crippen molar-refractivity contribution in [3.63, 3.8) is 0 Å². The van der Waals surface area contributed by atoms with Crippen LogP contribution in [-0.4, -0.2) is 59.8 Å². The highest BCUT2D eigenvalue weighted by atomic mass is 35.5. The molecule has 0 aliphatic carbocycles. The number of carbonyl (C=O) groups excluding carboxylic acids is 1. The molecule has 6 rings (SSSR count). The summed E-state index contributed by atoms with van der Waals surface area (Å²) in [6.45, 7) is 1.17. The molecule has 0 saturated carbocycles. The Kier molecular flexibility index (Phi) is 13.7. The van der Waals surface area contributed by atoms with Gasteiger partial charge in [0.2, 0.25) is 5.75 Å². The third kappa shape index (κ3) is 9.54. The molecule has 1 atom stereocenters. The van der Waals surface area contributed by atoms with Crippen molar-refractivity contribution in [2.45, 2.75) is 51.1 Å². The summed E-state index contributed by atoms with van der Waals surface area (Å²) in [5, 5.41) is 11.1. The topological polar surface area (TPSA) is 132 Å². The third-order valence-electron chi connectivity index (χ3n) is 9.55. The Morgan fingerprint density at radius 2 is 1.23 bits per heavy atom. The minimum Gasteiger partial charge on any atom is -0.493 e. The zero-order chi connectivity index (χ0) is 39.4. The van der Waals surface area contributed by atoms with Gasteiger partial charge in [-0.3, -0.25) is 4.79 Å². The Hall–Kier alpha value is -5.75. The first-order chi connectivity index (χ1) is 27.3. The predicted octanol–water partition coefficient (Wildman–Crippen LogP) is 9.75. The summed E-state index contributed by atoms with van der Waals surface area (Å²) in [6, 6.07) is 22.1. The quantitative estimate of drug-likeness (QED) is 0.0731. The van der Waals surface area contributed by atoms with E-state index in [0.29, 0.717) is 75.5 Å². The van der Waals surface area contributed by atoms with Crippen molar-refractivity contribution in [3.05, 3.63) is 88.9 Å². The van der Waals surface area contributed by atoms with Crippen molar-refractivity contribution in [2.24, 2.45) is 0 Å². The molecule has 5 aromatic rings. The number of nitrogens with zero attached hydrogens (tertiary/aromatic N) is 1. The largest absolute Gasteiger partial charge is 0.493 e. The van der Waals surface area contributed by atoms with Crippen LogP contribution in [0.15, 0.2) is 77.3 Å². The van der Waals surface area contributed by atoms with Gasteiger partial charge in [0.25, 0.3) is 5.91 Å². The van der Waals surface area contributed by atoms with Gasteiger partial charge in [-0.05, 0) is 79.1 Å². The lowest BCUT2D eigenvalue weighted by molar-refractivity contribution is 0.0935. The molecule has 4 aromatic carbocycles. The molecule has 1 amide bonds. The lowest BCUT2D eigenvalue weighted by atomic mass is 10.1. The molecule has 56 heavy (non-hydrogen) atoms. The molecule has 1 aliphatic heterocycles. The van der Waals surface area contributed by atoms with Gasteiger partial charge in [-0.15, -0.1) is 0 Å². The van der Waals surface area contributed by atoms with Gasteiger partial charge in [0, 0.05) is 27.9 Å². The van der Waals surface area contributed by atoms with E-state index in [9.17, 15) is 4.79 Å². The number of ether oxygens (including phenoxy) is 7. The Morgan fingerprint density at radius 1 is 0.607 bits per heavy atom. The van der Waals surface area contributed by atoms with Gasteiger partial charge < -0.3 is 48.3 Å².